The standard InChI is InChI=1S/C12H23NO4/c1-11(2,10(14)15-3)7-13-8-12(16-4)5-6-17-9-12/h13H,5-9H2,1-4H3. The number of hydrogen-bond donors (Lipinski definition) is 1. The first-order chi connectivity index (χ1) is 7.96. The summed E-state index contributed by atoms with van der Waals surface area (Å²) < 4.78 is 15.6. The van der Waals surface area contributed by atoms with Crippen molar-refractivity contribution in [2.45, 2.75) is 25.9 Å². The number of carbonyl (C=O) groups is 1. The van der Waals surface area contributed by atoms with Crippen LogP contribution >= 0.6 is 0 Å². The van der Waals surface area contributed by atoms with Crippen molar-refractivity contribution in [1.29, 1.82) is 0 Å². The number of hydrogen-bond acceptors (Lipinski definition) is 5. The molecule has 1 rings (SSSR count). The van der Waals surface area contributed by atoms with E-state index in [2.05, 4.69) is 5.32 Å². The van der Waals surface area contributed by atoms with Crippen molar-refractivity contribution < 1.29 is 19.0 Å². The highest BCUT2D eigenvalue weighted by molar-refractivity contribution is 5.76. The fraction of sp³-hybridized carbons (Fsp3) is 0.917. The molecular formula is C12H23NO4. The summed E-state index contributed by atoms with van der Waals surface area (Å²) in [6, 6.07) is 0. The van der Waals surface area contributed by atoms with E-state index in [1.807, 2.05) is 13.8 Å². The molecule has 0 aromatic heterocycles. The van der Waals surface area contributed by atoms with Gasteiger partial charge in [-0.3, -0.25) is 4.79 Å². The molecule has 0 radical (unpaired) electrons. The number of nitrogens with one attached hydrogen (secondary N) is 1. The van der Waals surface area contributed by atoms with Crippen LogP contribution in [-0.2, 0) is 19.0 Å². The Hall–Kier alpha value is -0.650. The van der Waals surface area contributed by atoms with Crippen molar-refractivity contribution in [2.24, 2.45) is 5.41 Å². The summed E-state index contributed by atoms with van der Waals surface area (Å²) in [6.45, 7) is 6.30. The average Bonchev–Trinajstić information content (AvgIpc) is 2.77. The predicted octanol–water partition coefficient (Wildman–Crippen LogP) is 0.581. The van der Waals surface area contributed by atoms with E-state index in [1.165, 1.54) is 7.11 Å². The zero-order chi connectivity index (χ0) is 12.9. The molecule has 1 aliphatic heterocycles. The molecule has 1 atom stereocenters. The molecule has 0 saturated carbocycles. The molecule has 0 aromatic rings. The first-order valence-electron chi connectivity index (χ1n) is 5.88. The van der Waals surface area contributed by atoms with Gasteiger partial charge in [-0.25, -0.2) is 0 Å². The van der Waals surface area contributed by atoms with Crippen LogP contribution in [-0.4, -0.2) is 52.1 Å². The minimum Gasteiger partial charge on any atom is -0.469 e. The highest BCUT2D eigenvalue weighted by Gasteiger charge is 2.36. The van der Waals surface area contributed by atoms with E-state index in [9.17, 15) is 4.79 Å². The van der Waals surface area contributed by atoms with Crippen molar-refractivity contribution in [3.8, 4) is 0 Å². The van der Waals surface area contributed by atoms with Gasteiger partial charge in [0.15, 0.2) is 0 Å². The maximum atomic E-state index is 11.5. The van der Waals surface area contributed by atoms with E-state index in [0.717, 1.165) is 13.0 Å². The van der Waals surface area contributed by atoms with Gasteiger partial charge in [0.05, 0.1) is 19.1 Å². The van der Waals surface area contributed by atoms with E-state index in [4.69, 9.17) is 14.2 Å². The second-order valence-corrected chi connectivity index (χ2v) is 5.17. The van der Waals surface area contributed by atoms with Crippen molar-refractivity contribution in [1.82, 2.24) is 5.32 Å². The molecule has 1 unspecified atom stereocenters. The van der Waals surface area contributed by atoms with Crippen LogP contribution in [0.4, 0.5) is 0 Å². The molecular weight excluding hydrogens is 222 g/mol. The third-order valence-corrected chi connectivity index (χ3v) is 3.25. The number of methoxy groups -OCH3 is 2. The third kappa shape index (κ3) is 3.66. The van der Waals surface area contributed by atoms with E-state index in [-0.39, 0.29) is 11.6 Å². The predicted molar refractivity (Wildman–Crippen MR) is 63.8 cm³/mol. The van der Waals surface area contributed by atoms with Crippen molar-refractivity contribution in [3.63, 3.8) is 0 Å². The second-order valence-electron chi connectivity index (χ2n) is 5.17. The molecule has 0 bridgehead atoms. The van der Waals surface area contributed by atoms with Crippen LogP contribution in [0.15, 0.2) is 0 Å². The molecule has 100 valence electrons. The van der Waals surface area contributed by atoms with Gasteiger partial charge in [0.1, 0.15) is 5.60 Å². The van der Waals surface area contributed by atoms with Gasteiger partial charge < -0.3 is 19.5 Å². The van der Waals surface area contributed by atoms with Crippen molar-refractivity contribution >= 4 is 5.97 Å². The summed E-state index contributed by atoms with van der Waals surface area (Å²) >= 11 is 0. The monoisotopic (exact) mass is 245 g/mol. The number of rotatable bonds is 6. The highest BCUT2D eigenvalue weighted by Crippen LogP contribution is 2.22. The molecule has 0 amide bonds. The van der Waals surface area contributed by atoms with Gasteiger partial charge in [0.2, 0.25) is 0 Å². The van der Waals surface area contributed by atoms with Crippen LogP contribution < -0.4 is 5.32 Å². The fourth-order valence-corrected chi connectivity index (χ4v) is 1.91. The van der Waals surface area contributed by atoms with Gasteiger partial charge >= 0.3 is 5.97 Å². The first kappa shape index (κ1) is 14.4. The van der Waals surface area contributed by atoms with Gasteiger partial charge in [-0.2, -0.15) is 0 Å². The summed E-state index contributed by atoms with van der Waals surface area (Å²) in [7, 11) is 3.10. The quantitative estimate of drug-likeness (QED) is 0.694. The topological polar surface area (TPSA) is 56.8 Å². The first-order valence-corrected chi connectivity index (χ1v) is 5.88. The Bertz CT molecular complexity index is 259. The lowest BCUT2D eigenvalue weighted by atomic mass is 9.93. The lowest BCUT2D eigenvalue weighted by molar-refractivity contribution is -0.150. The van der Waals surface area contributed by atoms with Crippen molar-refractivity contribution in [3.05, 3.63) is 0 Å². The summed E-state index contributed by atoms with van der Waals surface area (Å²) in [4.78, 5) is 11.5. The average molecular weight is 245 g/mol. The zero-order valence-corrected chi connectivity index (χ0v) is 11.2. The van der Waals surface area contributed by atoms with Crippen LogP contribution in [0.1, 0.15) is 20.3 Å². The normalized spacial score (nSPS) is 24.9. The molecule has 1 fully saturated rings. The summed E-state index contributed by atoms with van der Waals surface area (Å²) in [5.74, 6) is -0.209. The molecule has 0 aromatic carbocycles. The molecule has 5 nitrogen and oxygen atoms in total. The number of ether oxygens (including phenoxy) is 3. The third-order valence-electron chi connectivity index (χ3n) is 3.25. The van der Waals surface area contributed by atoms with Gasteiger partial charge in [0.25, 0.3) is 0 Å². The maximum absolute atomic E-state index is 11.5. The largest absolute Gasteiger partial charge is 0.469 e. The van der Waals surface area contributed by atoms with Gasteiger partial charge in [-0.1, -0.05) is 0 Å². The van der Waals surface area contributed by atoms with E-state index in [0.29, 0.717) is 19.7 Å². The Balaban J connectivity index is 2.38. The summed E-state index contributed by atoms with van der Waals surface area (Å²) in [6.07, 6.45) is 0.884. The lowest BCUT2D eigenvalue weighted by Gasteiger charge is -2.28. The van der Waals surface area contributed by atoms with E-state index >= 15 is 0 Å². The minimum absolute atomic E-state index is 0.209. The van der Waals surface area contributed by atoms with Gasteiger partial charge in [0, 0.05) is 33.2 Å². The lowest BCUT2D eigenvalue weighted by Crippen LogP contribution is -2.47. The molecule has 0 spiro atoms. The zero-order valence-electron chi connectivity index (χ0n) is 11.2. The SMILES string of the molecule is COC(=O)C(C)(C)CNCC1(OC)CCOC1. The van der Waals surface area contributed by atoms with Crippen LogP contribution in [0.2, 0.25) is 0 Å². The van der Waals surface area contributed by atoms with Crippen LogP contribution in [0.3, 0.4) is 0 Å². The van der Waals surface area contributed by atoms with Gasteiger partial charge in [-0.05, 0) is 13.8 Å². The van der Waals surface area contributed by atoms with E-state index < -0.39 is 5.41 Å². The Morgan fingerprint density at radius 1 is 1.47 bits per heavy atom. The Morgan fingerprint density at radius 3 is 2.65 bits per heavy atom. The summed E-state index contributed by atoms with van der Waals surface area (Å²) in [5, 5.41) is 3.27. The molecule has 5 heteroatoms. The number of esters is 1. The molecule has 1 N–H and O–H groups in total. The minimum atomic E-state index is -0.525. The van der Waals surface area contributed by atoms with Crippen molar-refractivity contribution in [2.75, 3.05) is 40.5 Å². The molecule has 17 heavy (non-hydrogen) atoms. The van der Waals surface area contributed by atoms with Crippen LogP contribution in [0, 0.1) is 5.41 Å². The van der Waals surface area contributed by atoms with Crippen LogP contribution in [0.25, 0.3) is 0 Å². The molecule has 1 heterocycles. The second kappa shape index (κ2) is 5.80. The Labute approximate surface area is 103 Å². The number of carbonyl (C=O) groups excluding carboxylic acids is 1. The smallest absolute Gasteiger partial charge is 0.312 e. The Kier molecular flexibility index (Phi) is 4.91. The highest BCUT2D eigenvalue weighted by atomic mass is 16.5. The summed E-state index contributed by atoms with van der Waals surface area (Å²) in [5.41, 5.74) is -0.769. The van der Waals surface area contributed by atoms with E-state index in [1.54, 1.807) is 7.11 Å². The molecule has 0 aliphatic carbocycles. The fourth-order valence-electron chi connectivity index (χ4n) is 1.91. The Morgan fingerprint density at radius 2 is 2.18 bits per heavy atom. The molecule has 1 saturated heterocycles. The molecule has 1 aliphatic rings. The van der Waals surface area contributed by atoms with Crippen LogP contribution in [0.5, 0.6) is 0 Å². The maximum Gasteiger partial charge on any atom is 0.312 e. The van der Waals surface area contributed by atoms with Gasteiger partial charge in [-0.15, -0.1) is 0 Å².